The summed E-state index contributed by atoms with van der Waals surface area (Å²) in [4.78, 5) is 25.1. The maximum absolute atomic E-state index is 12.7. The van der Waals surface area contributed by atoms with E-state index in [1.165, 1.54) is 18.2 Å². The number of halogens is 4. The van der Waals surface area contributed by atoms with Crippen LogP contribution in [0.3, 0.4) is 0 Å². The molecule has 1 aliphatic rings. The van der Waals surface area contributed by atoms with Crippen LogP contribution in [0.2, 0.25) is 5.02 Å². The molecule has 7 nitrogen and oxygen atoms in total. The summed E-state index contributed by atoms with van der Waals surface area (Å²) in [6.45, 7) is -0.636. The Morgan fingerprint density at radius 3 is 2.42 bits per heavy atom. The van der Waals surface area contributed by atoms with Crippen molar-refractivity contribution in [2.24, 2.45) is 0 Å². The molecule has 1 heterocycles. The number of rotatable bonds is 4. The first-order valence-electron chi connectivity index (χ1n) is 6.99. The summed E-state index contributed by atoms with van der Waals surface area (Å²) in [5.41, 5.74) is -0.792. The lowest BCUT2D eigenvalue weighted by molar-refractivity contribution is -0.274. The molecule has 1 aromatic rings. The Kier molecular flexibility index (Phi) is 5.98. The molecule has 0 amide bonds. The third-order valence-corrected chi connectivity index (χ3v) is 3.59. The molecule has 0 N–H and O–H groups in total. The number of para-hydroxylation sites is 1. The van der Waals surface area contributed by atoms with E-state index in [2.05, 4.69) is 14.2 Å². The zero-order valence-corrected chi connectivity index (χ0v) is 14.3. The Morgan fingerprint density at radius 2 is 1.85 bits per heavy atom. The molecule has 1 aliphatic heterocycles. The van der Waals surface area contributed by atoms with Gasteiger partial charge in [-0.05, 0) is 12.1 Å². The molecular formula is C15H13ClF3NO6. The van der Waals surface area contributed by atoms with E-state index in [1.54, 1.807) is 0 Å². The van der Waals surface area contributed by atoms with E-state index in [4.69, 9.17) is 16.3 Å². The van der Waals surface area contributed by atoms with Crippen molar-refractivity contribution in [3.05, 3.63) is 34.5 Å². The maximum atomic E-state index is 12.7. The van der Waals surface area contributed by atoms with Gasteiger partial charge in [-0.3, -0.25) is 0 Å². The van der Waals surface area contributed by atoms with Crippen molar-refractivity contribution in [3.8, 4) is 5.75 Å². The van der Waals surface area contributed by atoms with E-state index in [0.717, 1.165) is 19.1 Å². The van der Waals surface area contributed by atoms with Gasteiger partial charge in [-0.15, -0.1) is 13.2 Å². The Bertz CT molecular complexity index is 749. The van der Waals surface area contributed by atoms with E-state index in [9.17, 15) is 22.8 Å². The SMILES string of the molecule is COC(=O)C1=C(C(=O)OC)N(c2cccc(Cl)c2OC(F)(F)F)COC1. The second-order valence-electron chi connectivity index (χ2n) is 4.85. The van der Waals surface area contributed by atoms with Crippen molar-refractivity contribution in [1.29, 1.82) is 0 Å². The summed E-state index contributed by atoms with van der Waals surface area (Å²) < 4.78 is 56.6. The molecule has 0 bridgehead atoms. The second kappa shape index (κ2) is 7.83. The van der Waals surface area contributed by atoms with Crippen molar-refractivity contribution < 1.29 is 41.7 Å². The van der Waals surface area contributed by atoms with Crippen LogP contribution in [0.15, 0.2) is 29.5 Å². The molecule has 0 fully saturated rings. The number of hydrogen-bond donors (Lipinski definition) is 0. The van der Waals surface area contributed by atoms with Crippen molar-refractivity contribution in [1.82, 2.24) is 0 Å². The zero-order chi connectivity index (χ0) is 19.5. The summed E-state index contributed by atoms with van der Waals surface area (Å²) in [5.74, 6) is -2.61. The summed E-state index contributed by atoms with van der Waals surface area (Å²) in [6, 6.07) is 3.75. The largest absolute Gasteiger partial charge is 0.573 e. The van der Waals surface area contributed by atoms with Crippen molar-refractivity contribution >= 4 is 29.2 Å². The summed E-state index contributed by atoms with van der Waals surface area (Å²) in [5, 5.41) is -0.353. The molecule has 0 aromatic heterocycles. The quantitative estimate of drug-likeness (QED) is 0.725. The number of methoxy groups -OCH3 is 2. The minimum absolute atomic E-state index is 0.219. The molecule has 0 saturated carbocycles. The van der Waals surface area contributed by atoms with E-state index in [1.807, 2.05) is 0 Å². The third-order valence-electron chi connectivity index (χ3n) is 3.29. The number of alkyl halides is 3. The highest BCUT2D eigenvalue weighted by molar-refractivity contribution is 6.32. The topological polar surface area (TPSA) is 74.3 Å². The predicted molar refractivity (Wildman–Crippen MR) is 82.5 cm³/mol. The fourth-order valence-corrected chi connectivity index (χ4v) is 2.47. The predicted octanol–water partition coefficient (Wildman–Crippen LogP) is 2.63. The van der Waals surface area contributed by atoms with Crippen LogP contribution in [0.1, 0.15) is 0 Å². The zero-order valence-electron chi connectivity index (χ0n) is 13.6. The van der Waals surface area contributed by atoms with E-state index < -0.39 is 24.1 Å². The minimum Gasteiger partial charge on any atom is -0.466 e. The molecule has 0 radical (unpaired) electrons. The van der Waals surface area contributed by atoms with Crippen LogP contribution in [0.4, 0.5) is 18.9 Å². The molecule has 0 aliphatic carbocycles. The highest BCUT2D eigenvalue weighted by atomic mass is 35.5. The third kappa shape index (κ3) is 4.20. The average molecular weight is 396 g/mol. The van der Waals surface area contributed by atoms with Crippen LogP contribution >= 0.6 is 11.6 Å². The molecule has 0 spiro atoms. The number of hydrogen-bond acceptors (Lipinski definition) is 7. The van der Waals surface area contributed by atoms with Crippen molar-refractivity contribution in [3.63, 3.8) is 0 Å². The van der Waals surface area contributed by atoms with Gasteiger partial charge in [-0.2, -0.15) is 0 Å². The smallest absolute Gasteiger partial charge is 0.466 e. The maximum Gasteiger partial charge on any atom is 0.573 e. The number of benzene rings is 1. The molecule has 0 atom stereocenters. The van der Waals surface area contributed by atoms with Gasteiger partial charge in [0.2, 0.25) is 0 Å². The minimum atomic E-state index is -5.03. The van der Waals surface area contributed by atoms with Crippen LogP contribution in [0, 0.1) is 0 Å². The number of nitrogens with zero attached hydrogens (tertiary/aromatic N) is 1. The molecule has 1 aromatic carbocycles. The number of esters is 2. The average Bonchev–Trinajstić information content (AvgIpc) is 2.60. The number of carbonyl (C=O) groups is 2. The second-order valence-corrected chi connectivity index (χ2v) is 5.26. The van der Waals surface area contributed by atoms with Crippen molar-refractivity contribution in [2.75, 3.05) is 32.5 Å². The molecule has 0 saturated heterocycles. The fraction of sp³-hybridized carbons (Fsp3) is 0.333. The molecule has 26 heavy (non-hydrogen) atoms. The van der Waals surface area contributed by atoms with Gasteiger partial charge in [0, 0.05) is 0 Å². The first-order chi connectivity index (χ1) is 12.2. The van der Waals surface area contributed by atoms with Gasteiger partial charge in [-0.25, -0.2) is 9.59 Å². The molecule has 0 unspecified atom stereocenters. The van der Waals surface area contributed by atoms with Crippen LogP contribution < -0.4 is 9.64 Å². The van der Waals surface area contributed by atoms with Gasteiger partial charge in [0.05, 0.1) is 37.1 Å². The Morgan fingerprint density at radius 1 is 1.19 bits per heavy atom. The van der Waals surface area contributed by atoms with Gasteiger partial charge in [0.15, 0.2) is 5.75 Å². The van der Waals surface area contributed by atoms with E-state index in [-0.39, 0.29) is 35.3 Å². The number of anilines is 1. The van der Waals surface area contributed by atoms with Gasteiger partial charge in [-0.1, -0.05) is 17.7 Å². The normalized spacial score (nSPS) is 14.9. The van der Waals surface area contributed by atoms with E-state index in [0.29, 0.717) is 0 Å². The molecule has 142 valence electrons. The first-order valence-corrected chi connectivity index (χ1v) is 7.36. The lowest BCUT2D eigenvalue weighted by Crippen LogP contribution is -2.39. The van der Waals surface area contributed by atoms with Crippen LogP contribution in [0.25, 0.3) is 0 Å². The molecule has 11 heteroatoms. The van der Waals surface area contributed by atoms with Gasteiger partial charge < -0.3 is 23.8 Å². The summed E-state index contributed by atoms with van der Waals surface area (Å²) in [6.07, 6.45) is -5.03. The van der Waals surface area contributed by atoms with Crippen LogP contribution in [-0.4, -0.2) is 45.9 Å². The fourth-order valence-electron chi connectivity index (χ4n) is 2.26. The Labute approximate surface area is 150 Å². The Hall–Kier alpha value is -2.46. The highest BCUT2D eigenvalue weighted by Crippen LogP contribution is 2.41. The lowest BCUT2D eigenvalue weighted by Gasteiger charge is -2.32. The van der Waals surface area contributed by atoms with Crippen molar-refractivity contribution in [2.45, 2.75) is 6.36 Å². The monoisotopic (exact) mass is 395 g/mol. The van der Waals surface area contributed by atoms with Crippen LogP contribution in [-0.2, 0) is 23.8 Å². The molecule has 2 rings (SSSR count). The van der Waals surface area contributed by atoms with Gasteiger partial charge >= 0.3 is 18.3 Å². The van der Waals surface area contributed by atoms with E-state index >= 15 is 0 Å². The molecular weight excluding hydrogens is 383 g/mol. The first kappa shape index (κ1) is 19.9. The number of ether oxygens (including phenoxy) is 4. The Balaban J connectivity index is 2.64. The van der Waals surface area contributed by atoms with Gasteiger partial charge in [0.1, 0.15) is 12.4 Å². The summed E-state index contributed by atoms with van der Waals surface area (Å²) >= 11 is 5.83. The van der Waals surface area contributed by atoms with Gasteiger partial charge in [0.25, 0.3) is 0 Å². The highest BCUT2D eigenvalue weighted by Gasteiger charge is 2.37. The lowest BCUT2D eigenvalue weighted by atomic mass is 10.1. The standard InChI is InChI=1S/C15H13ClF3NO6/c1-23-13(21)8-6-25-7-20(11(8)14(22)24-2)10-5-3-4-9(16)12(10)26-15(17,18)19/h3-5H,6-7H2,1-2H3. The number of carbonyl (C=O) groups excluding carboxylic acids is 2. The summed E-state index contributed by atoms with van der Waals surface area (Å²) in [7, 11) is 2.14. The van der Waals surface area contributed by atoms with Crippen LogP contribution in [0.5, 0.6) is 5.75 Å².